The monoisotopic (exact) mass is 212 g/mol. The van der Waals surface area contributed by atoms with Crippen molar-refractivity contribution in [3.8, 4) is 0 Å². The molecule has 1 atom stereocenters. The number of nitrogens with zero attached hydrogens (tertiary/aromatic N) is 3. The third-order valence-corrected chi connectivity index (χ3v) is 2.84. The molecule has 0 aromatic carbocycles. The largest absolute Gasteiger partial charge is 0.313 e. The van der Waals surface area contributed by atoms with E-state index in [4.69, 9.17) is 0 Å². The maximum absolute atomic E-state index is 14.6. The Morgan fingerprint density at radius 1 is 1.67 bits per heavy atom. The molecule has 2 heterocycles. The summed E-state index contributed by atoms with van der Waals surface area (Å²) >= 11 is 0. The van der Waals surface area contributed by atoms with E-state index in [9.17, 15) is 4.39 Å². The van der Waals surface area contributed by atoms with E-state index in [0.29, 0.717) is 18.7 Å². The SMILES string of the molecule is CCCn1nncc1C1(F)CCCNC1. The summed E-state index contributed by atoms with van der Waals surface area (Å²) in [5, 5.41) is 10.8. The van der Waals surface area contributed by atoms with Gasteiger partial charge in [0.25, 0.3) is 0 Å². The van der Waals surface area contributed by atoms with Crippen LogP contribution in [0.3, 0.4) is 0 Å². The Labute approximate surface area is 88.9 Å². The van der Waals surface area contributed by atoms with Gasteiger partial charge in [-0.3, -0.25) is 0 Å². The third-order valence-electron chi connectivity index (χ3n) is 2.84. The second-order valence-corrected chi connectivity index (χ2v) is 4.09. The Morgan fingerprint density at radius 2 is 2.53 bits per heavy atom. The molecular formula is C10H17FN4. The minimum absolute atomic E-state index is 0.379. The first kappa shape index (κ1) is 10.5. The normalized spacial score (nSPS) is 26.8. The summed E-state index contributed by atoms with van der Waals surface area (Å²) in [6.45, 7) is 4.07. The van der Waals surface area contributed by atoms with Crippen molar-refractivity contribution in [1.82, 2.24) is 20.3 Å². The molecule has 4 nitrogen and oxygen atoms in total. The van der Waals surface area contributed by atoms with E-state index >= 15 is 0 Å². The molecule has 0 spiro atoms. The highest BCUT2D eigenvalue weighted by molar-refractivity contribution is 5.10. The van der Waals surface area contributed by atoms with Gasteiger partial charge in [-0.15, -0.1) is 5.10 Å². The van der Waals surface area contributed by atoms with E-state index in [1.807, 2.05) is 0 Å². The summed E-state index contributed by atoms with van der Waals surface area (Å²) in [6.07, 6.45) is 3.94. The first-order valence-corrected chi connectivity index (χ1v) is 5.55. The number of alkyl halides is 1. The molecule has 1 aliphatic heterocycles. The number of nitrogens with one attached hydrogen (secondary N) is 1. The minimum Gasteiger partial charge on any atom is -0.313 e. The number of piperidine rings is 1. The van der Waals surface area contributed by atoms with Crippen molar-refractivity contribution in [2.24, 2.45) is 0 Å². The standard InChI is InChI=1S/C10H17FN4/c1-2-6-15-9(7-13-14-15)10(11)4-3-5-12-8-10/h7,12H,2-6,8H2,1H3. The smallest absolute Gasteiger partial charge is 0.166 e. The summed E-state index contributed by atoms with van der Waals surface area (Å²) in [4.78, 5) is 0. The highest BCUT2D eigenvalue weighted by Crippen LogP contribution is 2.31. The van der Waals surface area contributed by atoms with Gasteiger partial charge in [0, 0.05) is 13.1 Å². The number of hydrogen-bond acceptors (Lipinski definition) is 3. The molecule has 0 aliphatic carbocycles. The van der Waals surface area contributed by atoms with Crippen LogP contribution in [0.1, 0.15) is 31.9 Å². The average molecular weight is 212 g/mol. The van der Waals surface area contributed by atoms with Gasteiger partial charge in [-0.2, -0.15) is 0 Å². The summed E-state index contributed by atoms with van der Waals surface area (Å²) in [7, 11) is 0. The van der Waals surface area contributed by atoms with E-state index < -0.39 is 5.67 Å². The van der Waals surface area contributed by atoms with E-state index in [1.165, 1.54) is 0 Å². The van der Waals surface area contributed by atoms with Gasteiger partial charge in [-0.25, -0.2) is 9.07 Å². The summed E-state index contributed by atoms with van der Waals surface area (Å²) in [5.41, 5.74) is -0.659. The van der Waals surface area contributed by atoms with Gasteiger partial charge in [0.15, 0.2) is 5.67 Å². The molecule has 0 saturated carbocycles. The lowest BCUT2D eigenvalue weighted by molar-refractivity contribution is 0.110. The second kappa shape index (κ2) is 4.26. The van der Waals surface area contributed by atoms with Crippen LogP contribution >= 0.6 is 0 Å². The molecule has 15 heavy (non-hydrogen) atoms. The van der Waals surface area contributed by atoms with Crippen LogP contribution in [0.2, 0.25) is 0 Å². The van der Waals surface area contributed by atoms with Crippen LogP contribution in [0.15, 0.2) is 6.20 Å². The molecule has 84 valence electrons. The van der Waals surface area contributed by atoms with Crippen molar-refractivity contribution in [2.75, 3.05) is 13.1 Å². The lowest BCUT2D eigenvalue weighted by Gasteiger charge is -2.30. The Morgan fingerprint density at radius 3 is 3.20 bits per heavy atom. The van der Waals surface area contributed by atoms with E-state index in [2.05, 4.69) is 22.6 Å². The molecular weight excluding hydrogens is 195 g/mol. The summed E-state index contributed by atoms with van der Waals surface area (Å²) < 4.78 is 16.2. The maximum atomic E-state index is 14.6. The topological polar surface area (TPSA) is 42.7 Å². The van der Waals surface area contributed by atoms with Crippen molar-refractivity contribution in [3.05, 3.63) is 11.9 Å². The number of rotatable bonds is 3. The van der Waals surface area contributed by atoms with Crippen molar-refractivity contribution >= 4 is 0 Å². The molecule has 1 saturated heterocycles. The molecule has 0 bridgehead atoms. The molecule has 1 aromatic rings. The zero-order chi connectivity index (χ0) is 10.7. The molecule has 1 aromatic heterocycles. The van der Waals surface area contributed by atoms with Gasteiger partial charge in [0.1, 0.15) is 0 Å². The summed E-state index contributed by atoms with van der Waals surface area (Å²) in [5.74, 6) is 0. The van der Waals surface area contributed by atoms with E-state index in [0.717, 1.165) is 25.9 Å². The molecule has 1 unspecified atom stereocenters. The minimum atomic E-state index is -1.28. The van der Waals surface area contributed by atoms with Crippen LogP contribution in [-0.2, 0) is 12.2 Å². The predicted octanol–water partition coefficient (Wildman–Crippen LogP) is 1.24. The Kier molecular flexibility index (Phi) is 3.00. The van der Waals surface area contributed by atoms with Crippen LogP contribution in [0.5, 0.6) is 0 Å². The molecule has 1 fully saturated rings. The fraction of sp³-hybridized carbons (Fsp3) is 0.800. The van der Waals surface area contributed by atoms with Gasteiger partial charge in [0.05, 0.1) is 11.9 Å². The molecule has 1 aliphatic rings. The second-order valence-electron chi connectivity index (χ2n) is 4.09. The maximum Gasteiger partial charge on any atom is 0.166 e. The molecule has 2 rings (SSSR count). The van der Waals surface area contributed by atoms with Gasteiger partial charge < -0.3 is 5.32 Å². The fourth-order valence-electron chi connectivity index (χ4n) is 2.07. The Balaban J connectivity index is 2.22. The van der Waals surface area contributed by atoms with Crippen molar-refractivity contribution in [1.29, 1.82) is 0 Å². The van der Waals surface area contributed by atoms with E-state index in [1.54, 1.807) is 10.9 Å². The molecule has 1 N–H and O–H groups in total. The van der Waals surface area contributed by atoms with Crippen LogP contribution in [0, 0.1) is 0 Å². The van der Waals surface area contributed by atoms with Gasteiger partial charge >= 0.3 is 0 Å². The van der Waals surface area contributed by atoms with Crippen molar-refractivity contribution in [2.45, 2.75) is 38.4 Å². The highest BCUT2D eigenvalue weighted by atomic mass is 19.1. The quantitative estimate of drug-likeness (QED) is 0.819. The number of aromatic nitrogens is 3. The first-order chi connectivity index (χ1) is 7.26. The van der Waals surface area contributed by atoms with Crippen LogP contribution in [0.25, 0.3) is 0 Å². The number of aryl methyl sites for hydroxylation is 1. The first-order valence-electron chi connectivity index (χ1n) is 5.55. The van der Waals surface area contributed by atoms with Crippen molar-refractivity contribution < 1.29 is 4.39 Å². The third kappa shape index (κ3) is 2.02. The fourth-order valence-corrected chi connectivity index (χ4v) is 2.07. The number of hydrogen-bond donors (Lipinski definition) is 1. The van der Waals surface area contributed by atoms with Crippen LogP contribution in [0.4, 0.5) is 4.39 Å². The molecule has 5 heteroatoms. The predicted molar refractivity (Wildman–Crippen MR) is 55.2 cm³/mol. The molecule has 0 amide bonds. The average Bonchev–Trinajstić information content (AvgIpc) is 2.68. The lowest BCUT2D eigenvalue weighted by Crippen LogP contribution is -2.41. The Bertz CT molecular complexity index is 317. The number of halogens is 1. The van der Waals surface area contributed by atoms with Gasteiger partial charge in [0.2, 0.25) is 0 Å². The van der Waals surface area contributed by atoms with Crippen LogP contribution < -0.4 is 5.32 Å². The lowest BCUT2D eigenvalue weighted by atomic mass is 9.93. The van der Waals surface area contributed by atoms with Gasteiger partial charge in [-0.1, -0.05) is 12.1 Å². The highest BCUT2D eigenvalue weighted by Gasteiger charge is 2.37. The van der Waals surface area contributed by atoms with Crippen LogP contribution in [-0.4, -0.2) is 28.1 Å². The zero-order valence-electron chi connectivity index (χ0n) is 9.04. The molecule has 0 radical (unpaired) electrons. The van der Waals surface area contributed by atoms with Crippen molar-refractivity contribution in [3.63, 3.8) is 0 Å². The summed E-state index contributed by atoms with van der Waals surface area (Å²) in [6, 6.07) is 0. The van der Waals surface area contributed by atoms with Gasteiger partial charge in [-0.05, 0) is 25.8 Å². The zero-order valence-corrected chi connectivity index (χ0v) is 9.04. The van der Waals surface area contributed by atoms with E-state index in [-0.39, 0.29) is 0 Å². The Hall–Kier alpha value is -0.970.